The molecule has 40 heavy (non-hydrogen) atoms. The summed E-state index contributed by atoms with van der Waals surface area (Å²) in [6.07, 6.45) is 1.61. The Hall–Kier alpha value is -3.96. The Morgan fingerprint density at radius 3 is 2.30 bits per heavy atom. The molecular formula is C28H40N4O8. The summed E-state index contributed by atoms with van der Waals surface area (Å²) in [5.41, 5.74) is -0.241. The molecule has 1 aliphatic rings. The number of alkyl carbamates (subject to hydrolysis) is 1. The minimum absolute atomic E-state index is 0.0607. The molecule has 0 spiro atoms. The second-order valence-electron chi connectivity index (χ2n) is 10.5. The number of carbonyl (C=O) groups excluding carboxylic acids is 4. The largest absolute Gasteiger partial charge is 0.481 e. The van der Waals surface area contributed by atoms with E-state index in [1.165, 1.54) is 31.2 Å². The van der Waals surface area contributed by atoms with Crippen LogP contribution in [0.4, 0.5) is 4.79 Å². The van der Waals surface area contributed by atoms with Gasteiger partial charge in [0, 0.05) is 43.6 Å². The molecule has 0 radical (unpaired) electrons. The fourth-order valence-electron chi connectivity index (χ4n) is 4.66. The van der Waals surface area contributed by atoms with E-state index < -0.39 is 29.8 Å². The zero-order chi connectivity index (χ0) is 29.9. The van der Waals surface area contributed by atoms with Crippen LogP contribution in [-0.4, -0.2) is 71.6 Å². The molecule has 0 saturated carbocycles. The van der Waals surface area contributed by atoms with Crippen LogP contribution in [0.2, 0.25) is 0 Å². The lowest BCUT2D eigenvalue weighted by molar-refractivity contribution is -0.149. The molecule has 4 N–H and O–H groups in total. The third kappa shape index (κ3) is 9.35. The first-order valence-electron chi connectivity index (χ1n) is 13.5. The molecule has 220 valence electrons. The first-order valence-corrected chi connectivity index (χ1v) is 13.5. The number of benzene rings is 1. The lowest BCUT2D eigenvalue weighted by Crippen LogP contribution is -2.55. The highest BCUT2D eigenvalue weighted by Crippen LogP contribution is 2.31. The van der Waals surface area contributed by atoms with E-state index in [9.17, 15) is 24.0 Å². The van der Waals surface area contributed by atoms with E-state index in [1.807, 2.05) is 20.8 Å². The van der Waals surface area contributed by atoms with Crippen LogP contribution in [0.3, 0.4) is 0 Å². The first-order chi connectivity index (χ1) is 18.9. The monoisotopic (exact) mass is 560 g/mol. The number of unbranched alkanes of at least 4 members (excludes halogenated alkanes) is 1. The van der Waals surface area contributed by atoms with E-state index in [0.717, 1.165) is 12.8 Å². The average molecular weight is 561 g/mol. The fourth-order valence-corrected chi connectivity index (χ4v) is 4.66. The number of hydrogen-bond acceptors (Lipinski definition) is 8. The summed E-state index contributed by atoms with van der Waals surface area (Å²) in [5, 5.41) is 22.4. The molecule has 0 aromatic heterocycles. The highest BCUT2D eigenvalue weighted by Gasteiger charge is 2.41. The van der Waals surface area contributed by atoms with Crippen LogP contribution < -0.4 is 10.6 Å². The van der Waals surface area contributed by atoms with Gasteiger partial charge in [0.15, 0.2) is 0 Å². The third-order valence-electron chi connectivity index (χ3n) is 7.12. The van der Waals surface area contributed by atoms with Gasteiger partial charge < -0.3 is 24.8 Å². The number of ether oxygens (including phenoxy) is 2. The van der Waals surface area contributed by atoms with Crippen molar-refractivity contribution >= 4 is 36.2 Å². The van der Waals surface area contributed by atoms with Gasteiger partial charge in [0.2, 0.25) is 12.2 Å². The van der Waals surface area contributed by atoms with Crippen molar-refractivity contribution in [2.45, 2.75) is 78.6 Å². The number of nitrogens with zero attached hydrogens (tertiary/aromatic N) is 1. The summed E-state index contributed by atoms with van der Waals surface area (Å²) in [7, 11) is 0. The highest BCUT2D eigenvalue weighted by atomic mass is 16.7. The second kappa shape index (κ2) is 15.0. The van der Waals surface area contributed by atoms with Crippen molar-refractivity contribution in [2.75, 3.05) is 13.1 Å². The second-order valence-corrected chi connectivity index (χ2v) is 10.5. The Bertz CT molecular complexity index is 1060. The van der Waals surface area contributed by atoms with E-state index in [4.69, 9.17) is 15.3 Å². The van der Waals surface area contributed by atoms with Crippen molar-refractivity contribution in [2.24, 2.45) is 11.3 Å². The third-order valence-corrected chi connectivity index (χ3v) is 7.12. The van der Waals surface area contributed by atoms with E-state index in [-0.39, 0.29) is 36.5 Å². The predicted octanol–water partition coefficient (Wildman–Crippen LogP) is 3.29. The Morgan fingerprint density at radius 1 is 1.15 bits per heavy atom. The van der Waals surface area contributed by atoms with Crippen molar-refractivity contribution in [3.8, 4) is 0 Å². The number of carboxylic acids is 1. The molecule has 1 heterocycles. The van der Waals surface area contributed by atoms with Gasteiger partial charge in [0.1, 0.15) is 5.84 Å². The number of rotatable bonds is 13. The van der Waals surface area contributed by atoms with Crippen molar-refractivity contribution in [3.63, 3.8) is 0 Å². The van der Waals surface area contributed by atoms with Crippen LogP contribution in [0, 0.1) is 16.7 Å². The van der Waals surface area contributed by atoms with Gasteiger partial charge in [0.05, 0.1) is 5.41 Å². The number of nitrogens with one attached hydrogen (secondary N) is 3. The predicted molar refractivity (Wildman–Crippen MR) is 146 cm³/mol. The first kappa shape index (κ1) is 32.3. The van der Waals surface area contributed by atoms with Gasteiger partial charge >= 0.3 is 12.1 Å². The quantitative estimate of drug-likeness (QED) is 0.123. The molecule has 1 fully saturated rings. The van der Waals surface area contributed by atoms with E-state index in [2.05, 4.69) is 15.4 Å². The Kier molecular flexibility index (Phi) is 12.1. The number of aliphatic carboxylic acids is 1. The molecular weight excluding hydrogens is 520 g/mol. The fraction of sp³-hybridized carbons (Fsp3) is 0.571. The number of piperidine rings is 1. The van der Waals surface area contributed by atoms with Gasteiger partial charge in [-0.25, -0.2) is 4.79 Å². The number of carboxylic acid groups (broad SMARTS) is 1. The Balaban J connectivity index is 2.05. The average Bonchev–Trinajstić information content (AvgIpc) is 2.90. The lowest BCUT2D eigenvalue weighted by atomic mass is 9.79. The van der Waals surface area contributed by atoms with Crippen LogP contribution in [-0.2, 0) is 23.9 Å². The molecule has 1 aromatic carbocycles. The number of amides is 3. The van der Waals surface area contributed by atoms with Crippen molar-refractivity contribution in [3.05, 3.63) is 35.4 Å². The smallest absolute Gasteiger partial charge is 0.415 e. The van der Waals surface area contributed by atoms with Gasteiger partial charge in [-0.05, 0) is 51.2 Å². The minimum Gasteiger partial charge on any atom is -0.481 e. The van der Waals surface area contributed by atoms with E-state index in [0.29, 0.717) is 43.5 Å². The van der Waals surface area contributed by atoms with Gasteiger partial charge in [-0.3, -0.25) is 29.9 Å². The normalized spacial score (nSPS) is 15.3. The number of amidine groups is 1. The molecule has 12 nitrogen and oxygen atoms in total. The molecule has 0 aliphatic carbocycles. The van der Waals surface area contributed by atoms with Crippen molar-refractivity contribution in [1.29, 1.82) is 5.41 Å². The molecule has 0 bridgehead atoms. The van der Waals surface area contributed by atoms with Gasteiger partial charge in [0.25, 0.3) is 12.4 Å². The van der Waals surface area contributed by atoms with Gasteiger partial charge in [-0.1, -0.05) is 31.9 Å². The zero-order valence-electron chi connectivity index (χ0n) is 23.5. The highest BCUT2D eigenvalue weighted by molar-refractivity contribution is 6.05. The molecule has 12 heteroatoms. The minimum atomic E-state index is -1.11. The summed E-state index contributed by atoms with van der Waals surface area (Å²) in [6.45, 7) is 8.17. The summed E-state index contributed by atoms with van der Waals surface area (Å²) < 4.78 is 9.24. The number of hydrogen-bond donors (Lipinski definition) is 4. The maximum Gasteiger partial charge on any atom is 0.415 e. The topological polar surface area (TPSA) is 175 Å². The SMILES string of the molecule is CCCCC(NC(=O)c1ccc(C(=N)NC(=O)OC(C)OC=O)cc1)C(C)(C)C(=O)N1CCC(CC(=O)O)CC1. The molecule has 1 saturated heterocycles. The van der Waals surface area contributed by atoms with Crippen LogP contribution >= 0.6 is 0 Å². The molecule has 2 rings (SSSR count). The summed E-state index contributed by atoms with van der Waals surface area (Å²) in [5.74, 6) is -1.47. The van der Waals surface area contributed by atoms with Crippen LogP contribution in [0.5, 0.6) is 0 Å². The van der Waals surface area contributed by atoms with Crippen LogP contribution in [0.25, 0.3) is 0 Å². The summed E-state index contributed by atoms with van der Waals surface area (Å²) >= 11 is 0. The molecule has 1 aromatic rings. The van der Waals surface area contributed by atoms with Crippen molar-refractivity contribution < 1.29 is 38.6 Å². The summed E-state index contributed by atoms with van der Waals surface area (Å²) in [6, 6.07) is 5.60. The maximum absolute atomic E-state index is 13.5. The van der Waals surface area contributed by atoms with Crippen LogP contribution in [0.15, 0.2) is 24.3 Å². The molecule has 2 atom stereocenters. The molecule has 1 aliphatic heterocycles. The Morgan fingerprint density at radius 2 is 1.75 bits per heavy atom. The van der Waals surface area contributed by atoms with E-state index >= 15 is 0 Å². The summed E-state index contributed by atoms with van der Waals surface area (Å²) in [4.78, 5) is 61.7. The molecule has 3 amide bonds. The maximum atomic E-state index is 13.5. The van der Waals surface area contributed by atoms with Gasteiger partial charge in [-0.15, -0.1) is 0 Å². The number of likely N-dealkylation sites (tertiary alicyclic amines) is 1. The van der Waals surface area contributed by atoms with Gasteiger partial charge in [-0.2, -0.15) is 0 Å². The zero-order valence-corrected chi connectivity index (χ0v) is 23.5. The molecule has 2 unspecified atom stereocenters. The number of carbonyl (C=O) groups is 5. The van der Waals surface area contributed by atoms with E-state index in [1.54, 1.807) is 4.90 Å². The van der Waals surface area contributed by atoms with Crippen molar-refractivity contribution in [1.82, 2.24) is 15.5 Å². The lowest BCUT2D eigenvalue weighted by Gasteiger charge is -2.40. The standard InChI is InChI=1S/C28H40N4O8/c1-5-6-7-22(28(3,4)26(37)32-14-12-19(13-15-32)16-23(34)35)30-25(36)21-10-8-20(9-11-21)24(29)31-27(38)40-18(2)39-17-33/h8-11,17-19,22H,5-7,12-16H2,1-4H3,(H,30,36)(H,34,35)(H2,29,31,38). The van der Waals surface area contributed by atoms with Crippen LogP contribution in [0.1, 0.15) is 82.1 Å². The Labute approximate surface area is 234 Å².